The van der Waals surface area contributed by atoms with Gasteiger partial charge in [0.05, 0.1) is 6.10 Å². The average Bonchev–Trinajstić information content (AvgIpc) is 2.55. The Kier molecular flexibility index (Phi) is 3.87. The predicted octanol–water partition coefficient (Wildman–Crippen LogP) is 4.32. The Labute approximate surface area is 121 Å². The first kappa shape index (κ1) is 15.0. The molecule has 2 nitrogen and oxygen atoms in total. The van der Waals surface area contributed by atoms with Crippen molar-refractivity contribution in [2.24, 2.45) is 0 Å². The molecule has 0 radical (unpaired) electrons. The van der Waals surface area contributed by atoms with Gasteiger partial charge in [-0.3, -0.25) is 0 Å². The first-order chi connectivity index (χ1) is 8.63. The van der Waals surface area contributed by atoms with Crippen molar-refractivity contribution in [2.75, 3.05) is 0 Å². The Hall–Kier alpha value is -0.353. The summed E-state index contributed by atoms with van der Waals surface area (Å²) in [5, 5.41) is 11.3. The van der Waals surface area contributed by atoms with Crippen LogP contribution in [0.5, 0.6) is 0 Å². The lowest BCUT2D eigenvalue weighted by Gasteiger charge is -2.39. The van der Waals surface area contributed by atoms with Crippen LogP contribution in [0.4, 0.5) is 0 Å². The summed E-state index contributed by atoms with van der Waals surface area (Å²) in [6.45, 7) is 11.1. The number of hydrogen-bond donors (Lipinski definition) is 1. The van der Waals surface area contributed by atoms with Crippen LogP contribution in [-0.2, 0) is 10.8 Å². The molecule has 1 aromatic rings. The lowest BCUT2D eigenvalue weighted by Crippen LogP contribution is -2.45. The Morgan fingerprint density at radius 1 is 1.32 bits per heavy atom. The molecule has 0 saturated carbocycles. The van der Waals surface area contributed by atoms with E-state index in [2.05, 4.69) is 33.9 Å². The zero-order chi connectivity index (χ0) is 14.4. The molecule has 1 aromatic carbocycles. The minimum atomic E-state index is -1.87. The van der Waals surface area contributed by atoms with Gasteiger partial charge in [-0.15, -0.1) is 0 Å². The third-order valence-corrected chi connectivity index (χ3v) is 9.30. The molecule has 0 saturated heterocycles. The van der Waals surface area contributed by atoms with Crippen molar-refractivity contribution in [3.63, 3.8) is 0 Å². The molecular formula is C15H23ClO2Si. The normalized spacial score (nSPS) is 23.5. The first-order valence-corrected chi connectivity index (χ1v) is 10.1. The van der Waals surface area contributed by atoms with Crippen molar-refractivity contribution in [3.05, 3.63) is 34.3 Å². The molecule has 0 aromatic heterocycles. The van der Waals surface area contributed by atoms with E-state index in [9.17, 15) is 5.11 Å². The van der Waals surface area contributed by atoms with Crippen molar-refractivity contribution >= 4 is 19.9 Å². The molecule has 0 bridgehead atoms. The first-order valence-electron chi connectivity index (χ1n) is 6.76. The van der Waals surface area contributed by atoms with Crippen LogP contribution in [0, 0.1) is 0 Å². The zero-order valence-corrected chi connectivity index (χ0v) is 14.1. The van der Waals surface area contributed by atoms with Crippen LogP contribution in [0.25, 0.3) is 0 Å². The molecular weight excluding hydrogens is 276 g/mol. The number of fused-ring (bicyclic) bond motifs is 1. The SMILES string of the molecule is CC(C)(C)[Si](C)(C)O[C@@H]1Cc2cccc(Cl)c2[C@@H]1O. The smallest absolute Gasteiger partial charge is 0.192 e. The molecule has 1 N–H and O–H groups in total. The highest BCUT2D eigenvalue weighted by atomic mass is 35.5. The van der Waals surface area contributed by atoms with Crippen molar-refractivity contribution in [2.45, 2.75) is 57.5 Å². The number of aliphatic hydroxyl groups excluding tert-OH is 1. The van der Waals surface area contributed by atoms with E-state index < -0.39 is 14.4 Å². The van der Waals surface area contributed by atoms with E-state index in [0.29, 0.717) is 5.02 Å². The van der Waals surface area contributed by atoms with E-state index in [1.165, 1.54) is 0 Å². The fraction of sp³-hybridized carbons (Fsp3) is 0.600. The summed E-state index contributed by atoms with van der Waals surface area (Å²) < 4.78 is 6.34. The van der Waals surface area contributed by atoms with Gasteiger partial charge in [0.25, 0.3) is 0 Å². The maximum atomic E-state index is 10.5. The Balaban J connectivity index is 2.22. The monoisotopic (exact) mass is 298 g/mol. The highest BCUT2D eigenvalue weighted by Gasteiger charge is 2.43. The largest absolute Gasteiger partial charge is 0.411 e. The fourth-order valence-electron chi connectivity index (χ4n) is 2.27. The fourth-order valence-corrected chi connectivity index (χ4v) is 3.90. The molecule has 0 amide bonds. The summed E-state index contributed by atoms with van der Waals surface area (Å²) in [6, 6.07) is 5.79. The van der Waals surface area contributed by atoms with Crippen molar-refractivity contribution in [3.8, 4) is 0 Å². The van der Waals surface area contributed by atoms with Crippen LogP contribution < -0.4 is 0 Å². The Morgan fingerprint density at radius 3 is 2.47 bits per heavy atom. The number of benzene rings is 1. The highest BCUT2D eigenvalue weighted by molar-refractivity contribution is 6.74. The zero-order valence-electron chi connectivity index (χ0n) is 12.3. The van der Waals surface area contributed by atoms with Crippen LogP contribution in [0.15, 0.2) is 18.2 Å². The lowest BCUT2D eigenvalue weighted by molar-refractivity contribution is 0.0403. The van der Waals surface area contributed by atoms with Gasteiger partial charge < -0.3 is 9.53 Å². The van der Waals surface area contributed by atoms with Crippen molar-refractivity contribution in [1.82, 2.24) is 0 Å². The van der Waals surface area contributed by atoms with E-state index in [1.54, 1.807) is 0 Å². The van der Waals surface area contributed by atoms with Gasteiger partial charge >= 0.3 is 0 Å². The number of aliphatic hydroxyl groups is 1. The predicted molar refractivity (Wildman–Crippen MR) is 82.2 cm³/mol. The number of hydrogen-bond acceptors (Lipinski definition) is 2. The third-order valence-electron chi connectivity index (χ3n) is 4.46. The second kappa shape index (κ2) is 4.88. The van der Waals surface area contributed by atoms with Gasteiger partial charge in [0, 0.05) is 17.0 Å². The molecule has 0 fully saturated rings. The van der Waals surface area contributed by atoms with E-state index in [4.69, 9.17) is 16.0 Å². The minimum Gasteiger partial charge on any atom is -0.411 e. The van der Waals surface area contributed by atoms with E-state index in [-0.39, 0.29) is 11.1 Å². The van der Waals surface area contributed by atoms with Gasteiger partial charge in [-0.05, 0) is 29.8 Å². The molecule has 0 unspecified atom stereocenters. The summed E-state index contributed by atoms with van der Waals surface area (Å²) in [4.78, 5) is 0. The highest BCUT2D eigenvalue weighted by Crippen LogP contribution is 2.43. The van der Waals surface area contributed by atoms with E-state index >= 15 is 0 Å². The molecule has 0 aliphatic heterocycles. The van der Waals surface area contributed by atoms with Gasteiger partial charge in [-0.2, -0.15) is 0 Å². The van der Waals surface area contributed by atoms with Gasteiger partial charge in [-0.25, -0.2) is 0 Å². The Bertz CT molecular complexity index is 480. The van der Waals surface area contributed by atoms with Gasteiger partial charge in [0.1, 0.15) is 6.10 Å². The van der Waals surface area contributed by atoms with Crippen molar-refractivity contribution in [1.29, 1.82) is 0 Å². The molecule has 1 aliphatic rings. The van der Waals surface area contributed by atoms with E-state index in [0.717, 1.165) is 17.5 Å². The van der Waals surface area contributed by atoms with Crippen LogP contribution in [0.2, 0.25) is 23.2 Å². The second-order valence-corrected chi connectivity index (χ2v) is 12.0. The maximum Gasteiger partial charge on any atom is 0.192 e. The molecule has 4 heteroatoms. The summed E-state index contributed by atoms with van der Waals surface area (Å²) in [6.07, 6.45) is -0.00237. The summed E-state index contributed by atoms with van der Waals surface area (Å²) in [5.41, 5.74) is 1.97. The van der Waals surface area contributed by atoms with Gasteiger partial charge in [0.2, 0.25) is 0 Å². The topological polar surface area (TPSA) is 29.5 Å². The molecule has 2 rings (SSSR count). The van der Waals surface area contributed by atoms with Crippen LogP contribution in [0.1, 0.15) is 38.0 Å². The number of rotatable bonds is 2. The molecule has 0 heterocycles. The molecule has 106 valence electrons. The van der Waals surface area contributed by atoms with Crippen LogP contribution >= 0.6 is 11.6 Å². The quantitative estimate of drug-likeness (QED) is 0.824. The van der Waals surface area contributed by atoms with Crippen LogP contribution in [-0.4, -0.2) is 19.5 Å². The standard InChI is InChI=1S/C15H23ClO2Si/c1-15(2,3)19(4,5)18-12-9-10-7-6-8-11(16)13(10)14(12)17/h6-8,12,14,17H,9H2,1-5H3/t12-,14-/m1/s1. The molecule has 0 spiro atoms. The minimum absolute atomic E-state index is 0.144. The average molecular weight is 299 g/mol. The van der Waals surface area contributed by atoms with E-state index in [1.807, 2.05) is 18.2 Å². The Morgan fingerprint density at radius 2 is 1.95 bits per heavy atom. The van der Waals surface area contributed by atoms with Gasteiger partial charge in [-0.1, -0.05) is 44.5 Å². The summed E-state index contributed by atoms with van der Waals surface area (Å²) in [5.74, 6) is 0. The third kappa shape index (κ3) is 2.75. The number of halogens is 1. The van der Waals surface area contributed by atoms with Crippen molar-refractivity contribution < 1.29 is 9.53 Å². The molecule has 2 atom stereocenters. The van der Waals surface area contributed by atoms with Crippen LogP contribution in [0.3, 0.4) is 0 Å². The molecule has 19 heavy (non-hydrogen) atoms. The molecule has 1 aliphatic carbocycles. The summed E-state index contributed by atoms with van der Waals surface area (Å²) in [7, 11) is -1.87. The second-order valence-electron chi connectivity index (χ2n) is 6.88. The van der Waals surface area contributed by atoms with Gasteiger partial charge in [0.15, 0.2) is 8.32 Å². The maximum absolute atomic E-state index is 10.5. The lowest BCUT2D eigenvalue weighted by atomic mass is 10.1. The summed E-state index contributed by atoms with van der Waals surface area (Å²) >= 11 is 6.19.